The van der Waals surface area contributed by atoms with Crippen LogP contribution in [-0.4, -0.2) is 11.7 Å². The van der Waals surface area contributed by atoms with Gasteiger partial charge in [-0.2, -0.15) is 0 Å². The van der Waals surface area contributed by atoms with Crippen molar-refractivity contribution in [2.75, 3.05) is 11.9 Å². The lowest BCUT2D eigenvalue weighted by atomic mass is 9.99. The third-order valence-corrected chi connectivity index (χ3v) is 3.59. The summed E-state index contributed by atoms with van der Waals surface area (Å²) >= 11 is 0. The van der Waals surface area contributed by atoms with Gasteiger partial charge in [0.05, 0.1) is 6.10 Å². The second kappa shape index (κ2) is 6.58. The molecule has 0 fully saturated rings. The van der Waals surface area contributed by atoms with Crippen molar-refractivity contribution in [1.29, 1.82) is 0 Å². The molecule has 0 aliphatic heterocycles. The van der Waals surface area contributed by atoms with Crippen LogP contribution in [-0.2, 0) is 0 Å². The molecule has 0 heterocycles. The third kappa shape index (κ3) is 3.84. The second-order valence-corrected chi connectivity index (χ2v) is 5.46. The highest BCUT2D eigenvalue weighted by Gasteiger charge is 2.10. The second-order valence-electron chi connectivity index (χ2n) is 5.46. The molecule has 20 heavy (non-hydrogen) atoms. The van der Waals surface area contributed by atoms with Crippen molar-refractivity contribution in [1.82, 2.24) is 0 Å². The number of aliphatic hydroxyl groups excluding tert-OH is 1. The third-order valence-electron chi connectivity index (χ3n) is 3.59. The minimum absolute atomic E-state index is 0.409. The Hall–Kier alpha value is -1.80. The Morgan fingerprint density at radius 1 is 0.950 bits per heavy atom. The smallest absolute Gasteiger partial charge is 0.0809 e. The van der Waals surface area contributed by atoms with Crippen molar-refractivity contribution in [2.45, 2.75) is 33.3 Å². The number of hydrogen-bond acceptors (Lipinski definition) is 2. The molecule has 0 spiro atoms. The van der Waals surface area contributed by atoms with Gasteiger partial charge in [0.25, 0.3) is 0 Å². The van der Waals surface area contributed by atoms with Gasteiger partial charge >= 0.3 is 0 Å². The molecular formula is C18H23NO. The van der Waals surface area contributed by atoms with E-state index in [4.69, 9.17) is 0 Å². The number of benzene rings is 2. The van der Waals surface area contributed by atoms with Gasteiger partial charge in [-0.25, -0.2) is 0 Å². The molecule has 1 atom stereocenters. The lowest BCUT2D eigenvalue weighted by molar-refractivity contribution is 0.171. The van der Waals surface area contributed by atoms with Gasteiger partial charge in [-0.1, -0.05) is 41.5 Å². The first-order valence-corrected chi connectivity index (χ1v) is 7.12. The summed E-state index contributed by atoms with van der Waals surface area (Å²) < 4.78 is 0. The highest BCUT2D eigenvalue weighted by Crippen LogP contribution is 2.22. The van der Waals surface area contributed by atoms with Gasteiger partial charge in [0, 0.05) is 12.2 Å². The van der Waals surface area contributed by atoms with Gasteiger partial charge in [-0.3, -0.25) is 0 Å². The number of nitrogens with one attached hydrogen (secondary N) is 1. The minimum Gasteiger partial charge on any atom is -0.388 e. The van der Waals surface area contributed by atoms with Crippen molar-refractivity contribution in [3.05, 3.63) is 64.7 Å². The molecule has 2 nitrogen and oxygen atoms in total. The summed E-state index contributed by atoms with van der Waals surface area (Å²) in [7, 11) is 0. The Balaban J connectivity index is 1.90. The zero-order chi connectivity index (χ0) is 14.5. The number of rotatable bonds is 5. The van der Waals surface area contributed by atoms with Crippen LogP contribution in [0.5, 0.6) is 0 Å². The Kier molecular flexibility index (Phi) is 4.80. The van der Waals surface area contributed by atoms with Gasteiger partial charge in [0.15, 0.2) is 0 Å². The monoisotopic (exact) mass is 269 g/mol. The largest absolute Gasteiger partial charge is 0.388 e. The van der Waals surface area contributed by atoms with Crippen molar-refractivity contribution in [3.63, 3.8) is 0 Å². The number of aryl methyl sites for hydroxylation is 3. The summed E-state index contributed by atoms with van der Waals surface area (Å²) in [6.07, 6.45) is 0.297. The van der Waals surface area contributed by atoms with E-state index in [0.717, 1.165) is 23.4 Å². The van der Waals surface area contributed by atoms with Crippen molar-refractivity contribution in [3.8, 4) is 0 Å². The summed E-state index contributed by atoms with van der Waals surface area (Å²) in [5.41, 5.74) is 5.74. The zero-order valence-corrected chi connectivity index (χ0v) is 12.5. The molecule has 0 saturated heterocycles. The van der Waals surface area contributed by atoms with E-state index in [2.05, 4.69) is 61.6 Å². The van der Waals surface area contributed by atoms with Gasteiger partial charge in [0.2, 0.25) is 0 Å². The maximum Gasteiger partial charge on any atom is 0.0809 e. The Morgan fingerprint density at radius 2 is 1.60 bits per heavy atom. The fourth-order valence-corrected chi connectivity index (χ4v) is 2.30. The van der Waals surface area contributed by atoms with E-state index in [-0.39, 0.29) is 0 Å². The van der Waals surface area contributed by atoms with Gasteiger partial charge in [0.1, 0.15) is 0 Å². The van der Waals surface area contributed by atoms with E-state index < -0.39 is 6.10 Å². The van der Waals surface area contributed by atoms with E-state index in [0.29, 0.717) is 6.42 Å². The predicted molar refractivity (Wildman–Crippen MR) is 85.2 cm³/mol. The zero-order valence-electron chi connectivity index (χ0n) is 12.5. The molecule has 0 aliphatic rings. The molecule has 0 bridgehead atoms. The maximum atomic E-state index is 10.3. The van der Waals surface area contributed by atoms with Gasteiger partial charge < -0.3 is 10.4 Å². The average Bonchev–Trinajstić information content (AvgIpc) is 2.43. The highest BCUT2D eigenvalue weighted by atomic mass is 16.3. The lowest BCUT2D eigenvalue weighted by Crippen LogP contribution is -2.08. The first-order valence-electron chi connectivity index (χ1n) is 7.12. The Bertz CT molecular complexity index is 560. The highest BCUT2D eigenvalue weighted by molar-refractivity contribution is 5.44. The van der Waals surface area contributed by atoms with Crippen LogP contribution in [0.3, 0.4) is 0 Å². The first-order chi connectivity index (χ1) is 9.56. The summed E-state index contributed by atoms with van der Waals surface area (Å²) in [4.78, 5) is 0. The summed E-state index contributed by atoms with van der Waals surface area (Å²) in [6.45, 7) is 6.94. The summed E-state index contributed by atoms with van der Waals surface area (Å²) in [6, 6.07) is 14.5. The number of aliphatic hydroxyl groups is 1. The minimum atomic E-state index is -0.409. The van der Waals surface area contributed by atoms with Crippen LogP contribution in [0.25, 0.3) is 0 Å². The van der Waals surface area contributed by atoms with E-state index >= 15 is 0 Å². The fraction of sp³-hybridized carbons (Fsp3) is 0.333. The molecule has 2 N–H and O–H groups in total. The Morgan fingerprint density at radius 3 is 2.30 bits per heavy atom. The number of hydrogen-bond donors (Lipinski definition) is 2. The van der Waals surface area contributed by atoms with E-state index in [1.165, 1.54) is 11.1 Å². The molecular weight excluding hydrogens is 246 g/mol. The average molecular weight is 269 g/mol. The van der Waals surface area contributed by atoms with Crippen LogP contribution in [0, 0.1) is 20.8 Å². The molecule has 0 aromatic heterocycles. The van der Waals surface area contributed by atoms with Gasteiger partial charge in [-0.05, 0) is 50.5 Å². The quantitative estimate of drug-likeness (QED) is 0.854. The molecule has 0 amide bonds. The molecule has 2 heteroatoms. The standard InChI is InChI=1S/C18H23NO/c1-13-5-8-16(9-6-13)19-11-10-18(20)17-12-14(2)4-7-15(17)3/h4-9,12,18-20H,10-11H2,1-3H3. The van der Waals surface area contributed by atoms with Crippen LogP contribution < -0.4 is 5.32 Å². The predicted octanol–water partition coefficient (Wildman–Crippen LogP) is 4.15. The number of anilines is 1. The van der Waals surface area contributed by atoms with Gasteiger partial charge in [-0.15, -0.1) is 0 Å². The van der Waals surface area contributed by atoms with Crippen LogP contribution in [0.15, 0.2) is 42.5 Å². The Labute approximate surface area is 121 Å². The van der Waals surface area contributed by atoms with Crippen LogP contribution >= 0.6 is 0 Å². The summed E-state index contributed by atoms with van der Waals surface area (Å²) in [5, 5.41) is 13.7. The molecule has 0 saturated carbocycles. The van der Waals surface area contributed by atoms with Crippen LogP contribution in [0.2, 0.25) is 0 Å². The van der Waals surface area contributed by atoms with Crippen molar-refractivity contribution < 1.29 is 5.11 Å². The van der Waals surface area contributed by atoms with Crippen molar-refractivity contribution >= 4 is 5.69 Å². The first kappa shape index (κ1) is 14.6. The van der Waals surface area contributed by atoms with E-state index in [1.807, 2.05) is 6.92 Å². The maximum absolute atomic E-state index is 10.3. The molecule has 0 aliphatic carbocycles. The lowest BCUT2D eigenvalue weighted by Gasteiger charge is -2.15. The molecule has 0 radical (unpaired) electrons. The van der Waals surface area contributed by atoms with Crippen LogP contribution in [0.1, 0.15) is 34.8 Å². The normalized spacial score (nSPS) is 12.2. The van der Waals surface area contributed by atoms with E-state index in [9.17, 15) is 5.11 Å². The molecule has 1 unspecified atom stereocenters. The topological polar surface area (TPSA) is 32.3 Å². The molecule has 106 valence electrons. The van der Waals surface area contributed by atoms with E-state index in [1.54, 1.807) is 0 Å². The SMILES string of the molecule is Cc1ccc(NCCC(O)c2cc(C)ccc2C)cc1. The van der Waals surface area contributed by atoms with Crippen molar-refractivity contribution in [2.24, 2.45) is 0 Å². The fourth-order valence-electron chi connectivity index (χ4n) is 2.30. The summed E-state index contributed by atoms with van der Waals surface area (Å²) in [5.74, 6) is 0. The molecule has 2 aromatic carbocycles. The molecule has 2 aromatic rings. The van der Waals surface area contributed by atoms with Crippen LogP contribution in [0.4, 0.5) is 5.69 Å². The molecule has 2 rings (SSSR count).